The molecule has 1 unspecified atom stereocenters. The van der Waals surface area contributed by atoms with Crippen LogP contribution in [0.2, 0.25) is 10.0 Å². The molecule has 0 radical (unpaired) electrons. The number of hydrogen-bond acceptors (Lipinski definition) is 2. The molecule has 0 bridgehead atoms. The second kappa shape index (κ2) is 6.10. The first-order chi connectivity index (χ1) is 7.65. The van der Waals surface area contributed by atoms with Crippen molar-refractivity contribution in [3.8, 4) is 6.07 Å². The largest absolute Gasteiger partial charge is 0.285 e. The van der Waals surface area contributed by atoms with Crippen molar-refractivity contribution < 1.29 is 0 Å². The molecule has 0 saturated carbocycles. The van der Waals surface area contributed by atoms with Crippen LogP contribution in [0.1, 0.15) is 25.5 Å². The second-order valence-electron chi connectivity index (χ2n) is 3.40. The average molecular weight is 257 g/mol. The van der Waals surface area contributed by atoms with Crippen LogP contribution >= 0.6 is 23.2 Å². The highest BCUT2D eigenvalue weighted by Gasteiger charge is 2.20. The summed E-state index contributed by atoms with van der Waals surface area (Å²) in [4.78, 5) is 2.04. The lowest BCUT2D eigenvalue weighted by Crippen LogP contribution is -2.27. The smallest absolute Gasteiger partial charge is 0.125 e. The molecule has 86 valence electrons. The summed E-state index contributed by atoms with van der Waals surface area (Å²) < 4.78 is 0. The minimum Gasteiger partial charge on any atom is -0.285 e. The highest BCUT2D eigenvalue weighted by atomic mass is 35.5. The van der Waals surface area contributed by atoms with Crippen LogP contribution < -0.4 is 0 Å². The van der Waals surface area contributed by atoms with Gasteiger partial charge in [-0.1, -0.05) is 49.2 Å². The van der Waals surface area contributed by atoms with E-state index in [1.807, 2.05) is 30.9 Å². The molecular formula is C12H14Cl2N2. The molecular weight excluding hydrogens is 243 g/mol. The van der Waals surface area contributed by atoms with Gasteiger partial charge >= 0.3 is 0 Å². The fourth-order valence-corrected chi connectivity index (χ4v) is 2.08. The molecule has 0 fully saturated rings. The van der Waals surface area contributed by atoms with Crippen molar-refractivity contribution in [1.29, 1.82) is 5.26 Å². The maximum absolute atomic E-state index is 9.23. The molecule has 1 aromatic rings. The summed E-state index contributed by atoms with van der Waals surface area (Å²) in [6.07, 6.45) is 0. The zero-order chi connectivity index (χ0) is 12.1. The molecule has 1 rings (SSSR count). The second-order valence-corrected chi connectivity index (χ2v) is 4.18. The zero-order valence-electron chi connectivity index (χ0n) is 9.37. The Morgan fingerprint density at radius 1 is 1.31 bits per heavy atom. The first-order valence-corrected chi connectivity index (χ1v) is 5.98. The van der Waals surface area contributed by atoms with Crippen LogP contribution in [0.4, 0.5) is 0 Å². The first kappa shape index (κ1) is 13.3. The van der Waals surface area contributed by atoms with Crippen LogP contribution in [0.15, 0.2) is 18.2 Å². The van der Waals surface area contributed by atoms with E-state index in [0.717, 1.165) is 18.7 Å². The van der Waals surface area contributed by atoms with Crippen LogP contribution in [0, 0.1) is 11.3 Å². The lowest BCUT2D eigenvalue weighted by atomic mass is 10.1. The van der Waals surface area contributed by atoms with Crippen molar-refractivity contribution in [3.63, 3.8) is 0 Å². The molecule has 16 heavy (non-hydrogen) atoms. The molecule has 1 atom stereocenters. The molecule has 0 saturated heterocycles. The van der Waals surface area contributed by atoms with E-state index in [9.17, 15) is 5.26 Å². The Morgan fingerprint density at radius 2 is 1.94 bits per heavy atom. The molecule has 0 heterocycles. The van der Waals surface area contributed by atoms with E-state index in [0.29, 0.717) is 10.0 Å². The van der Waals surface area contributed by atoms with Crippen molar-refractivity contribution in [3.05, 3.63) is 33.8 Å². The van der Waals surface area contributed by atoms with E-state index in [4.69, 9.17) is 23.2 Å². The summed E-state index contributed by atoms with van der Waals surface area (Å²) >= 11 is 12.1. The van der Waals surface area contributed by atoms with Crippen molar-refractivity contribution in [2.75, 3.05) is 13.1 Å². The standard InChI is InChI=1S/C12H14Cl2N2/c1-3-16(4-2)11(8-15)9-6-5-7-10(13)12(9)14/h5-7,11H,3-4H2,1-2H3. The number of benzene rings is 1. The quantitative estimate of drug-likeness (QED) is 0.817. The van der Waals surface area contributed by atoms with Gasteiger partial charge in [0.05, 0.1) is 16.1 Å². The normalized spacial score (nSPS) is 12.5. The summed E-state index contributed by atoms with van der Waals surface area (Å²) in [6, 6.07) is 7.33. The molecule has 0 N–H and O–H groups in total. The third kappa shape index (κ3) is 2.68. The Kier molecular flexibility index (Phi) is 5.08. The molecule has 4 heteroatoms. The first-order valence-electron chi connectivity index (χ1n) is 5.23. The van der Waals surface area contributed by atoms with Gasteiger partial charge in [0, 0.05) is 5.56 Å². The van der Waals surface area contributed by atoms with E-state index in [1.165, 1.54) is 0 Å². The van der Waals surface area contributed by atoms with Crippen LogP contribution in [0.5, 0.6) is 0 Å². The van der Waals surface area contributed by atoms with Crippen LogP contribution in [0.3, 0.4) is 0 Å². The van der Waals surface area contributed by atoms with Crippen molar-refractivity contribution in [2.24, 2.45) is 0 Å². The van der Waals surface area contributed by atoms with Crippen molar-refractivity contribution >= 4 is 23.2 Å². The molecule has 0 aliphatic carbocycles. The fraction of sp³-hybridized carbons (Fsp3) is 0.417. The maximum Gasteiger partial charge on any atom is 0.125 e. The van der Waals surface area contributed by atoms with Crippen LogP contribution in [-0.4, -0.2) is 18.0 Å². The Bertz CT molecular complexity index is 394. The lowest BCUT2D eigenvalue weighted by Gasteiger charge is -2.25. The monoisotopic (exact) mass is 256 g/mol. The summed E-state index contributed by atoms with van der Waals surface area (Å²) in [5, 5.41) is 10.2. The van der Waals surface area contributed by atoms with Crippen molar-refractivity contribution in [2.45, 2.75) is 19.9 Å². The fourth-order valence-electron chi connectivity index (χ4n) is 1.67. The van der Waals surface area contributed by atoms with E-state index in [2.05, 4.69) is 6.07 Å². The van der Waals surface area contributed by atoms with Crippen LogP contribution in [-0.2, 0) is 0 Å². The summed E-state index contributed by atoms with van der Waals surface area (Å²) in [6.45, 7) is 5.65. The Morgan fingerprint density at radius 3 is 2.44 bits per heavy atom. The summed E-state index contributed by atoms with van der Waals surface area (Å²) in [5.41, 5.74) is 0.778. The minimum absolute atomic E-state index is 0.332. The van der Waals surface area contributed by atoms with Gasteiger partial charge in [0.1, 0.15) is 6.04 Å². The van der Waals surface area contributed by atoms with Gasteiger partial charge in [0.2, 0.25) is 0 Å². The van der Waals surface area contributed by atoms with Gasteiger partial charge in [-0.3, -0.25) is 4.90 Å². The van der Waals surface area contributed by atoms with Gasteiger partial charge in [-0.2, -0.15) is 5.26 Å². The SMILES string of the molecule is CCN(CC)C(C#N)c1cccc(Cl)c1Cl. The number of halogens is 2. The van der Waals surface area contributed by atoms with E-state index in [1.54, 1.807) is 6.07 Å². The van der Waals surface area contributed by atoms with Gasteiger partial charge < -0.3 is 0 Å². The maximum atomic E-state index is 9.23. The Balaban J connectivity index is 3.14. The third-order valence-electron chi connectivity index (χ3n) is 2.58. The van der Waals surface area contributed by atoms with E-state index < -0.39 is 0 Å². The minimum atomic E-state index is -0.332. The van der Waals surface area contributed by atoms with Gasteiger partial charge in [-0.25, -0.2) is 0 Å². The highest BCUT2D eigenvalue weighted by molar-refractivity contribution is 6.42. The third-order valence-corrected chi connectivity index (χ3v) is 3.41. The van der Waals surface area contributed by atoms with Crippen LogP contribution in [0.25, 0.3) is 0 Å². The van der Waals surface area contributed by atoms with Gasteiger partial charge in [0.25, 0.3) is 0 Å². The predicted octanol–water partition coefficient (Wildman–Crippen LogP) is 3.90. The molecule has 0 aromatic heterocycles. The molecule has 0 spiro atoms. The number of nitrogens with zero attached hydrogens (tertiary/aromatic N) is 2. The van der Waals surface area contributed by atoms with E-state index in [-0.39, 0.29) is 6.04 Å². The average Bonchev–Trinajstić information content (AvgIpc) is 2.30. The topological polar surface area (TPSA) is 27.0 Å². The van der Waals surface area contributed by atoms with Gasteiger partial charge in [-0.15, -0.1) is 0 Å². The zero-order valence-corrected chi connectivity index (χ0v) is 10.9. The number of nitriles is 1. The van der Waals surface area contributed by atoms with Gasteiger partial charge in [-0.05, 0) is 19.2 Å². The molecule has 0 aliphatic rings. The molecule has 1 aromatic carbocycles. The highest BCUT2D eigenvalue weighted by Crippen LogP contribution is 2.32. The summed E-state index contributed by atoms with van der Waals surface area (Å²) in [5.74, 6) is 0. The Labute approximate surface area is 106 Å². The van der Waals surface area contributed by atoms with Gasteiger partial charge in [0.15, 0.2) is 0 Å². The lowest BCUT2D eigenvalue weighted by molar-refractivity contribution is 0.262. The molecule has 0 aliphatic heterocycles. The summed E-state index contributed by atoms with van der Waals surface area (Å²) in [7, 11) is 0. The Hall–Kier alpha value is -0.750. The number of rotatable bonds is 4. The molecule has 0 amide bonds. The predicted molar refractivity (Wildman–Crippen MR) is 67.7 cm³/mol. The van der Waals surface area contributed by atoms with Crippen molar-refractivity contribution in [1.82, 2.24) is 4.90 Å². The van der Waals surface area contributed by atoms with E-state index >= 15 is 0 Å². The molecule has 2 nitrogen and oxygen atoms in total. The number of hydrogen-bond donors (Lipinski definition) is 0.